The Kier molecular flexibility index (Phi) is 4.36. The van der Waals surface area contributed by atoms with E-state index in [2.05, 4.69) is 5.43 Å². The number of thioether (sulfide) groups is 1. The molecule has 22 heavy (non-hydrogen) atoms. The third-order valence-electron chi connectivity index (χ3n) is 3.28. The van der Waals surface area contributed by atoms with Crippen molar-refractivity contribution >= 4 is 35.2 Å². The first-order chi connectivity index (χ1) is 10.6. The summed E-state index contributed by atoms with van der Waals surface area (Å²) in [5.74, 6) is -0.0767. The van der Waals surface area contributed by atoms with Gasteiger partial charge in [0.1, 0.15) is 5.37 Å². The second-order valence-corrected chi connectivity index (χ2v) is 6.29. The van der Waals surface area contributed by atoms with Gasteiger partial charge in [-0.3, -0.25) is 15.0 Å². The Balaban J connectivity index is 1.79. The highest BCUT2D eigenvalue weighted by Gasteiger charge is 2.34. The second-order valence-electron chi connectivity index (χ2n) is 4.79. The van der Waals surface area contributed by atoms with Crippen LogP contribution in [-0.2, 0) is 4.79 Å². The van der Waals surface area contributed by atoms with Crippen LogP contribution in [0.5, 0.6) is 0 Å². The molecule has 0 aliphatic carbocycles. The molecular formula is C16H13ClN2O2S. The molecule has 0 radical (unpaired) electrons. The number of halogens is 1. The van der Waals surface area contributed by atoms with Crippen LogP contribution in [0.25, 0.3) is 0 Å². The summed E-state index contributed by atoms with van der Waals surface area (Å²) < 4.78 is 0. The van der Waals surface area contributed by atoms with Gasteiger partial charge in [0.25, 0.3) is 11.8 Å². The molecule has 4 nitrogen and oxygen atoms in total. The Bertz CT molecular complexity index is 691. The Morgan fingerprint density at radius 2 is 1.82 bits per heavy atom. The van der Waals surface area contributed by atoms with Gasteiger partial charge in [-0.25, -0.2) is 5.01 Å². The molecule has 112 valence electrons. The Morgan fingerprint density at radius 3 is 2.50 bits per heavy atom. The largest absolute Gasteiger partial charge is 0.272 e. The van der Waals surface area contributed by atoms with Gasteiger partial charge in [0.05, 0.1) is 5.75 Å². The molecule has 1 aliphatic heterocycles. The van der Waals surface area contributed by atoms with Gasteiger partial charge >= 0.3 is 0 Å². The highest BCUT2D eigenvalue weighted by atomic mass is 35.5. The molecule has 0 spiro atoms. The van der Waals surface area contributed by atoms with Gasteiger partial charge in [0.15, 0.2) is 0 Å². The second kappa shape index (κ2) is 6.42. The fraction of sp³-hybridized carbons (Fsp3) is 0.125. The van der Waals surface area contributed by atoms with Gasteiger partial charge in [-0.15, -0.1) is 11.8 Å². The molecular weight excluding hydrogens is 320 g/mol. The van der Waals surface area contributed by atoms with Crippen molar-refractivity contribution in [1.82, 2.24) is 10.4 Å². The molecule has 2 aromatic rings. The molecule has 2 aromatic carbocycles. The molecule has 0 unspecified atom stereocenters. The van der Waals surface area contributed by atoms with E-state index in [1.807, 2.05) is 18.2 Å². The van der Waals surface area contributed by atoms with Gasteiger partial charge in [0, 0.05) is 10.6 Å². The Labute approximate surface area is 137 Å². The van der Waals surface area contributed by atoms with Crippen LogP contribution in [0.4, 0.5) is 0 Å². The molecule has 1 atom stereocenters. The molecule has 1 heterocycles. The van der Waals surface area contributed by atoms with Crippen molar-refractivity contribution in [2.45, 2.75) is 5.37 Å². The SMILES string of the molecule is O=C(NN1C(=O)CS[C@H]1c1ccc(Cl)cc1)c1ccccc1. The zero-order valence-electron chi connectivity index (χ0n) is 11.5. The van der Waals surface area contributed by atoms with Crippen molar-refractivity contribution in [2.75, 3.05) is 5.75 Å². The standard InChI is InChI=1S/C16H13ClN2O2S/c17-13-8-6-12(7-9-13)16-19(14(20)10-22-16)18-15(21)11-4-2-1-3-5-11/h1-9,16H,10H2,(H,18,21)/t16-/m0/s1. The molecule has 0 saturated carbocycles. The van der Waals surface area contributed by atoms with Crippen LogP contribution in [0.1, 0.15) is 21.3 Å². The zero-order valence-corrected chi connectivity index (χ0v) is 13.1. The molecule has 0 bridgehead atoms. The summed E-state index contributed by atoms with van der Waals surface area (Å²) in [7, 11) is 0. The number of carbonyl (C=O) groups is 2. The molecule has 6 heteroatoms. The third kappa shape index (κ3) is 3.10. The van der Waals surface area contributed by atoms with Crippen molar-refractivity contribution in [3.05, 3.63) is 70.7 Å². The molecule has 0 aromatic heterocycles. The van der Waals surface area contributed by atoms with E-state index in [4.69, 9.17) is 11.6 Å². The van der Waals surface area contributed by atoms with E-state index in [-0.39, 0.29) is 17.2 Å². The third-order valence-corrected chi connectivity index (χ3v) is 4.75. The van der Waals surface area contributed by atoms with Gasteiger partial charge in [-0.2, -0.15) is 0 Å². The number of amides is 2. The monoisotopic (exact) mass is 332 g/mol. The number of benzene rings is 2. The minimum absolute atomic E-state index is 0.116. The molecule has 1 saturated heterocycles. The van der Waals surface area contributed by atoms with Crippen LogP contribution >= 0.6 is 23.4 Å². The summed E-state index contributed by atoms with van der Waals surface area (Å²) in [6.07, 6.45) is 0. The first kappa shape index (κ1) is 14.9. The Morgan fingerprint density at radius 1 is 1.14 bits per heavy atom. The van der Waals surface area contributed by atoms with Crippen molar-refractivity contribution in [2.24, 2.45) is 0 Å². The lowest BCUT2D eigenvalue weighted by atomic mass is 10.2. The van der Waals surface area contributed by atoms with Gasteiger partial charge in [-0.1, -0.05) is 41.9 Å². The van der Waals surface area contributed by atoms with E-state index >= 15 is 0 Å². The lowest BCUT2D eigenvalue weighted by Gasteiger charge is -2.24. The normalized spacial score (nSPS) is 17.6. The van der Waals surface area contributed by atoms with E-state index in [1.165, 1.54) is 16.8 Å². The summed E-state index contributed by atoms with van der Waals surface area (Å²) >= 11 is 7.36. The van der Waals surface area contributed by atoms with Gasteiger partial charge in [0.2, 0.25) is 0 Å². The van der Waals surface area contributed by atoms with Crippen LogP contribution in [-0.4, -0.2) is 22.6 Å². The summed E-state index contributed by atoms with van der Waals surface area (Å²) in [5, 5.41) is 1.79. The van der Waals surface area contributed by atoms with E-state index in [1.54, 1.807) is 36.4 Å². The predicted octanol–water partition coefficient (Wildman–Crippen LogP) is 3.26. The Hall–Kier alpha value is -1.98. The quantitative estimate of drug-likeness (QED) is 0.938. The predicted molar refractivity (Wildman–Crippen MR) is 87.4 cm³/mol. The average Bonchev–Trinajstić information content (AvgIpc) is 2.90. The number of hydrogen-bond acceptors (Lipinski definition) is 3. The van der Waals surface area contributed by atoms with Crippen LogP contribution < -0.4 is 5.43 Å². The molecule has 3 rings (SSSR count). The van der Waals surface area contributed by atoms with E-state index in [9.17, 15) is 9.59 Å². The zero-order chi connectivity index (χ0) is 15.5. The van der Waals surface area contributed by atoms with Crippen molar-refractivity contribution < 1.29 is 9.59 Å². The van der Waals surface area contributed by atoms with Crippen LogP contribution in [0.3, 0.4) is 0 Å². The fourth-order valence-electron chi connectivity index (χ4n) is 2.18. The molecule has 1 N–H and O–H groups in total. The van der Waals surface area contributed by atoms with Crippen LogP contribution in [0.15, 0.2) is 54.6 Å². The number of nitrogens with zero attached hydrogens (tertiary/aromatic N) is 1. The van der Waals surface area contributed by atoms with Gasteiger partial charge < -0.3 is 0 Å². The lowest BCUT2D eigenvalue weighted by Crippen LogP contribution is -2.44. The van der Waals surface area contributed by atoms with Crippen molar-refractivity contribution in [1.29, 1.82) is 0 Å². The molecule has 2 amide bonds. The molecule has 1 fully saturated rings. The number of hydrazine groups is 1. The minimum Gasteiger partial charge on any atom is -0.272 e. The lowest BCUT2D eigenvalue weighted by molar-refractivity contribution is -0.130. The summed E-state index contributed by atoms with van der Waals surface area (Å²) in [6, 6.07) is 16.1. The summed E-state index contributed by atoms with van der Waals surface area (Å²) in [4.78, 5) is 24.3. The first-order valence-electron chi connectivity index (χ1n) is 6.70. The van der Waals surface area contributed by atoms with Crippen molar-refractivity contribution in [3.63, 3.8) is 0 Å². The maximum atomic E-state index is 12.2. The number of rotatable bonds is 3. The summed E-state index contributed by atoms with van der Waals surface area (Å²) in [6.45, 7) is 0. The summed E-state index contributed by atoms with van der Waals surface area (Å²) in [5.41, 5.74) is 4.14. The number of hydrogen-bond donors (Lipinski definition) is 1. The number of nitrogens with one attached hydrogen (secondary N) is 1. The topological polar surface area (TPSA) is 49.4 Å². The van der Waals surface area contributed by atoms with Crippen LogP contribution in [0.2, 0.25) is 5.02 Å². The number of carbonyl (C=O) groups excluding carboxylic acids is 2. The van der Waals surface area contributed by atoms with Crippen LogP contribution in [0, 0.1) is 0 Å². The maximum absolute atomic E-state index is 12.2. The smallest absolute Gasteiger partial charge is 0.269 e. The van der Waals surface area contributed by atoms with Gasteiger partial charge in [-0.05, 0) is 29.8 Å². The minimum atomic E-state index is -0.296. The van der Waals surface area contributed by atoms with E-state index < -0.39 is 0 Å². The highest BCUT2D eigenvalue weighted by molar-refractivity contribution is 8.00. The average molecular weight is 333 g/mol. The maximum Gasteiger partial charge on any atom is 0.269 e. The molecule has 1 aliphatic rings. The fourth-order valence-corrected chi connectivity index (χ4v) is 3.42. The van der Waals surface area contributed by atoms with Crippen molar-refractivity contribution in [3.8, 4) is 0 Å². The van der Waals surface area contributed by atoms with E-state index in [0.29, 0.717) is 16.3 Å². The highest BCUT2D eigenvalue weighted by Crippen LogP contribution is 2.37. The van der Waals surface area contributed by atoms with E-state index in [0.717, 1.165) is 5.56 Å². The first-order valence-corrected chi connectivity index (χ1v) is 8.13.